The first-order valence-corrected chi connectivity index (χ1v) is 11.2. The summed E-state index contributed by atoms with van der Waals surface area (Å²) in [5.41, 5.74) is 0. The van der Waals surface area contributed by atoms with E-state index in [1.54, 1.807) is 29.4 Å². The zero-order valence-corrected chi connectivity index (χ0v) is 16.4. The standard InChI is InChI=1S/C19H25N3OS2/c1-2-15-9-16-18(20-12-21-19(16)25-15)24-11-17(23)22-8-7-13-5-3-4-6-14(13)10-22/h9,12-14H,2-8,10-11H2,1H3/t13-,14+/m1/s1. The summed E-state index contributed by atoms with van der Waals surface area (Å²) < 4.78 is 0. The predicted octanol–water partition coefficient (Wildman–Crippen LogP) is 4.38. The molecule has 4 rings (SSSR count). The summed E-state index contributed by atoms with van der Waals surface area (Å²) in [4.78, 5) is 26.0. The van der Waals surface area contributed by atoms with E-state index in [4.69, 9.17) is 0 Å². The van der Waals surface area contributed by atoms with Crippen LogP contribution in [0.5, 0.6) is 0 Å². The molecule has 0 radical (unpaired) electrons. The minimum atomic E-state index is 0.270. The number of thioether (sulfide) groups is 1. The first-order chi connectivity index (χ1) is 12.2. The van der Waals surface area contributed by atoms with Crippen LogP contribution < -0.4 is 0 Å². The van der Waals surface area contributed by atoms with Gasteiger partial charge in [0.05, 0.1) is 5.75 Å². The number of aryl methyl sites for hydroxylation is 1. The molecule has 1 amide bonds. The van der Waals surface area contributed by atoms with Gasteiger partial charge in [-0.05, 0) is 37.2 Å². The third-order valence-electron chi connectivity index (χ3n) is 5.67. The number of nitrogens with zero attached hydrogens (tertiary/aromatic N) is 3. The van der Waals surface area contributed by atoms with Crippen LogP contribution in [0.15, 0.2) is 17.4 Å². The zero-order valence-electron chi connectivity index (χ0n) is 14.7. The summed E-state index contributed by atoms with van der Waals surface area (Å²) in [5, 5.41) is 2.05. The van der Waals surface area contributed by atoms with Gasteiger partial charge in [-0.3, -0.25) is 4.79 Å². The van der Waals surface area contributed by atoms with E-state index >= 15 is 0 Å². The summed E-state index contributed by atoms with van der Waals surface area (Å²) in [6.45, 7) is 4.07. The fraction of sp³-hybridized carbons (Fsp3) is 0.632. The number of rotatable bonds is 4. The highest BCUT2D eigenvalue weighted by Gasteiger charge is 2.32. The summed E-state index contributed by atoms with van der Waals surface area (Å²) in [7, 11) is 0. The molecule has 3 heterocycles. The molecule has 0 bridgehead atoms. The second kappa shape index (κ2) is 7.62. The Labute approximate surface area is 157 Å². The van der Waals surface area contributed by atoms with E-state index in [9.17, 15) is 4.79 Å². The smallest absolute Gasteiger partial charge is 0.232 e. The molecule has 2 aromatic heterocycles. The quantitative estimate of drug-likeness (QED) is 0.587. The highest BCUT2D eigenvalue weighted by Crippen LogP contribution is 2.36. The van der Waals surface area contributed by atoms with Crippen molar-refractivity contribution in [1.29, 1.82) is 0 Å². The monoisotopic (exact) mass is 375 g/mol. The zero-order chi connectivity index (χ0) is 17.2. The van der Waals surface area contributed by atoms with Gasteiger partial charge in [0.2, 0.25) is 5.91 Å². The van der Waals surface area contributed by atoms with Crippen LogP contribution in [-0.4, -0.2) is 39.6 Å². The number of carbonyl (C=O) groups excluding carboxylic acids is 1. The molecule has 2 aliphatic rings. The number of hydrogen-bond acceptors (Lipinski definition) is 5. The fourth-order valence-corrected chi connectivity index (χ4v) is 6.10. The van der Waals surface area contributed by atoms with Crippen molar-refractivity contribution in [3.63, 3.8) is 0 Å². The van der Waals surface area contributed by atoms with Crippen LogP contribution in [0.2, 0.25) is 0 Å². The van der Waals surface area contributed by atoms with Crippen molar-refractivity contribution in [2.45, 2.75) is 50.5 Å². The maximum Gasteiger partial charge on any atom is 0.232 e. The lowest BCUT2D eigenvalue weighted by Gasteiger charge is -2.41. The third-order valence-corrected chi connectivity index (χ3v) is 7.85. The van der Waals surface area contributed by atoms with Crippen LogP contribution >= 0.6 is 23.1 Å². The van der Waals surface area contributed by atoms with Crippen LogP contribution in [0.3, 0.4) is 0 Å². The molecule has 134 valence electrons. The molecule has 2 atom stereocenters. The largest absolute Gasteiger partial charge is 0.342 e. The second-order valence-electron chi connectivity index (χ2n) is 7.19. The van der Waals surface area contributed by atoms with Crippen LogP contribution in [0.4, 0.5) is 0 Å². The van der Waals surface area contributed by atoms with Gasteiger partial charge in [-0.25, -0.2) is 9.97 Å². The van der Waals surface area contributed by atoms with Crippen molar-refractivity contribution in [1.82, 2.24) is 14.9 Å². The minimum absolute atomic E-state index is 0.270. The first-order valence-electron chi connectivity index (χ1n) is 9.38. The topological polar surface area (TPSA) is 46.1 Å². The highest BCUT2D eigenvalue weighted by atomic mass is 32.2. The van der Waals surface area contributed by atoms with Gasteiger partial charge in [-0.1, -0.05) is 37.9 Å². The van der Waals surface area contributed by atoms with Gasteiger partial charge in [0.15, 0.2) is 0 Å². The normalized spacial score (nSPS) is 23.6. The van der Waals surface area contributed by atoms with Gasteiger partial charge in [-0.2, -0.15) is 0 Å². The molecule has 0 spiro atoms. The molecular formula is C19H25N3OS2. The van der Waals surface area contributed by atoms with Crippen LogP contribution in [0.25, 0.3) is 10.2 Å². The number of piperidine rings is 1. The molecule has 1 aliphatic heterocycles. The molecule has 6 heteroatoms. The lowest BCUT2D eigenvalue weighted by Crippen LogP contribution is -2.45. The Morgan fingerprint density at radius 2 is 2.12 bits per heavy atom. The van der Waals surface area contributed by atoms with Crippen LogP contribution in [0, 0.1) is 11.8 Å². The molecule has 0 N–H and O–H groups in total. The minimum Gasteiger partial charge on any atom is -0.342 e. The molecular weight excluding hydrogens is 350 g/mol. The Hall–Kier alpha value is -1.14. The van der Waals surface area contributed by atoms with Gasteiger partial charge in [0.1, 0.15) is 16.2 Å². The first kappa shape index (κ1) is 17.3. The van der Waals surface area contributed by atoms with Crippen molar-refractivity contribution in [2.75, 3.05) is 18.8 Å². The van der Waals surface area contributed by atoms with Crippen LogP contribution in [-0.2, 0) is 11.2 Å². The Balaban J connectivity index is 1.39. The number of fused-ring (bicyclic) bond motifs is 2. The number of aromatic nitrogens is 2. The number of amides is 1. The summed E-state index contributed by atoms with van der Waals surface area (Å²) in [6, 6.07) is 2.18. The van der Waals surface area contributed by atoms with Gasteiger partial charge < -0.3 is 4.90 Å². The highest BCUT2D eigenvalue weighted by molar-refractivity contribution is 8.00. The van der Waals surface area contributed by atoms with Crippen LogP contribution in [0.1, 0.15) is 43.9 Å². The Kier molecular flexibility index (Phi) is 5.27. The van der Waals surface area contributed by atoms with Crippen molar-refractivity contribution in [2.24, 2.45) is 11.8 Å². The number of likely N-dealkylation sites (tertiary alicyclic amines) is 1. The second-order valence-corrected chi connectivity index (χ2v) is 9.26. The Morgan fingerprint density at radius 3 is 2.96 bits per heavy atom. The molecule has 0 unspecified atom stereocenters. The molecule has 2 fully saturated rings. The van der Waals surface area contributed by atoms with E-state index in [-0.39, 0.29) is 5.91 Å². The average molecular weight is 376 g/mol. The lowest BCUT2D eigenvalue weighted by molar-refractivity contribution is -0.131. The van der Waals surface area contributed by atoms with Crippen molar-refractivity contribution in [3.05, 3.63) is 17.3 Å². The van der Waals surface area contributed by atoms with Gasteiger partial charge in [-0.15, -0.1) is 11.3 Å². The van der Waals surface area contributed by atoms with Crippen molar-refractivity contribution in [3.8, 4) is 0 Å². The molecule has 2 aromatic rings. The number of carbonyl (C=O) groups is 1. The fourth-order valence-electron chi connectivity index (χ4n) is 4.22. The molecule has 4 nitrogen and oxygen atoms in total. The van der Waals surface area contributed by atoms with E-state index in [1.807, 2.05) is 0 Å². The molecule has 25 heavy (non-hydrogen) atoms. The lowest BCUT2D eigenvalue weighted by atomic mass is 9.75. The summed E-state index contributed by atoms with van der Waals surface area (Å²) in [6.07, 6.45) is 9.24. The maximum absolute atomic E-state index is 12.7. The maximum atomic E-state index is 12.7. The van der Waals surface area contributed by atoms with E-state index < -0.39 is 0 Å². The summed E-state index contributed by atoms with van der Waals surface area (Å²) in [5.74, 6) is 2.36. The summed E-state index contributed by atoms with van der Waals surface area (Å²) >= 11 is 3.30. The predicted molar refractivity (Wildman–Crippen MR) is 104 cm³/mol. The van der Waals surface area contributed by atoms with Gasteiger partial charge >= 0.3 is 0 Å². The molecule has 1 aliphatic carbocycles. The van der Waals surface area contributed by atoms with Gasteiger partial charge in [0, 0.05) is 23.4 Å². The van der Waals surface area contributed by atoms with E-state index in [0.717, 1.165) is 46.6 Å². The molecule has 1 saturated heterocycles. The molecule has 1 saturated carbocycles. The number of thiophene rings is 1. The average Bonchev–Trinajstić information content (AvgIpc) is 3.09. The third kappa shape index (κ3) is 3.70. The van der Waals surface area contributed by atoms with Crippen molar-refractivity contribution < 1.29 is 4.79 Å². The van der Waals surface area contributed by atoms with E-state index in [0.29, 0.717) is 5.75 Å². The Morgan fingerprint density at radius 1 is 1.28 bits per heavy atom. The van der Waals surface area contributed by atoms with Crippen molar-refractivity contribution >= 4 is 39.2 Å². The number of hydrogen-bond donors (Lipinski definition) is 0. The van der Waals surface area contributed by atoms with E-state index in [1.165, 1.54) is 37.0 Å². The SMILES string of the molecule is CCc1cc2c(SCC(=O)N3CC[C@H]4CCCC[C@H]4C3)ncnc2s1. The van der Waals surface area contributed by atoms with E-state index in [2.05, 4.69) is 27.9 Å². The Bertz CT molecular complexity index is 760. The van der Waals surface area contributed by atoms with Gasteiger partial charge in [0.25, 0.3) is 0 Å². The molecule has 0 aromatic carbocycles.